The second-order valence-electron chi connectivity index (χ2n) is 2.53. The zero-order valence-electron chi connectivity index (χ0n) is 6.46. The van der Waals surface area contributed by atoms with Crippen LogP contribution in [0.2, 0.25) is 0 Å². The Bertz CT molecular complexity index is 181. The third kappa shape index (κ3) is 3.17. The zero-order valence-corrected chi connectivity index (χ0v) is 6.46. The number of unbranched alkanes of at least 4 members (excludes halogenated alkanes) is 1. The van der Waals surface area contributed by atoms with Crippen molar-refractivity contribution in [2.24, 2.45) is 0 Å². The molecule has 1 aromatic carbocycles. The van der Waals surface area contributed by atoms with Crippen LogP contribution in [0, 0.1) is 6.67 Å². The molecular formula is C10H12F. The molecule has 0 fully saturated rings. The molecule has 0 atom stereocenters. The van der Waals surface area contributed by atoms with Crippen molar-refractivity contribution in [3.63, 3.8) is 0 Å². The SMILES string of the molecule is F[CH]CCCc1ccccc1. The van der Waals surface area contributed by atoms with E-state index in [4.69, 9.17) is 0 Å². The Kier molecular flexibility index (Phi) is 3.67. The van der Waals surface area contributed by atoms with Crippen LogP contribution in [-0.4, -0.2) is 0 Å². The molecule has 1 aromatic rings. The van der Waals surface area contributed by atoms with Crippen LogP contribution in [-0.2, 0) is 6.42 Å². The number of aryl methyl sites for hydroxylation is 1. The van der Waals surface area contributed by atoms with Crippen LogP contribution < -0.4 is 0 Å². The summed E-state index contributed by atoms with van der Waals surface area (Å²) in [4.78, 5) is 0. The highest BCUT2D eigenvalue weighted by molar-refractivity contribution is 5.14. The fraction of sp³-hybridized carbons (Fsp3) is 0.300. The average Bonchev–Trinajstić information content (AvgIpc) is 2.07. The molecule has 0 saturated heterocycles. The highest BCUT2D eigenvalue weighted by Crippen LogP contribution is 2.05. The van der Waals surface area contributed by atoms with Gasteiger partial charge in [-0.05, 0) is 24.8 Å². The molecule has 0 spiro atoms. The normalized spacial score (nSPS) is 9.91. The highest BCUT2D eigenvalue weighted by Gasteiger charge is 1.90. The average molecular weight is 151 g/mol. The molecule has 1 heteroatoms. The topological polar surface area (TPSA) is 0 Å². The van der Waals surface area contributed by atoms with E-state index in [2.05, 4.69) is 12.1 Å². The summed E-state index contributed by atoms with van der Waals surface area (Å²) >= 11 is 0. The van der Waals surface area contributed by atoms with Gasteiger partial charge >= 0.3 is 0 Å². The summed E-state index contributed by atoms with van der Waals surface area (Å²) in [6, 6.07) is 10.1. The highest BCUT2D eigenvalue weighted by atomic mass is 19.1. The lowest BCUT2D eigenvalue weighted by molar-refractivity contribution is 0.560. The van der Waals surface area contributed by atoms with Crippen LogP contribution in [0.15, 0.2) is 30.3 Å². The van der Waals surface area contributed by atoms with Gasteiger partial charge in [0.05, 0.1) is 0 Å². The summed E-state index contributed by atoms with van der Waals surface area (Å²) in [5.74, 6) is 0. The first-order chi connectivity index (χ1) is 5.43. The van der Waals surface area contributed by atoms with Gasteiger partial charge < -0.3 is 0 Å². The van der Waals surface area contributed by atoms with Crippen LogP contribution in [0.3, 0.4) is 0 Å². The number of benzene rings is 1. The maximum atomic E-state index is 11.6. The smallest absolute Gasteiger partial charge is 0.131 e. The molecule has 1 rings (SSSR count). The summed E-state index contributed by atoms with van der Waals surface area (Å²) in [6.45, 7) is 0.725. The predicted octanol–water partition coefficient (Wildman–Crippen LogP) is 3.14. The van der Waals surface area contributed by atoms with Crippen molar-refractivity contribution in [2.75, 3.05) is 0 Å². The lowest BCUT2D eigenvalue weighted by atomic mass is 10.1. The molecule has 0 nitrogen and oxygen atoms in total. The van der Waals surface area contributed by atoms with Gasteiger partial charge in [0, 0.05) is 0 Å². The van der Waals surface area contributed by atoms with E-state index in [1.807, 2.05) is 18.2 Å². The fourth-order valence-corrected chi connectivity index (χ4v) is 1.03. The minimum Gasteiger partial charge on any atom is -0.244 e. The summed E-state index contributed by atoms with van der Waals surface area (Å²) in [5.41, 5.74) is 1.29. The molecule has 1 radical (unpaired) electrons. The summed E-state index contributed by atoms with van der Waals surface area (Å²) < 4.78 is 11.6. The molecule has 0 aliphatic carbocycles. The van der Waals surface area contributed by atoms with Gasteiger partial charge in [-0.15, -0.1) is 0 Å². The monoisotopic (exact) mass is 151 g/mol. The van der Waals surface area contributed by atoms with Crippen molar-refractivity contribution >= 4 is 0 Å². The predicted molar refractivity (Wildman–Crippen MR) is 44.8 cm³/mol. The Balaban J connectivity index is 2.28. The van der Waals surface area contributed by atoms with Gasteiger partial charge in [-0.25, -0.2) is 4.39 Å². The van der Waals surface area contributed by atoms with Gasteiger partial charge in [0.25, 0.3) is 0 Å². The van der Waals surface area contributed by atoms with Crippen LogP contribution in [0.4, 0.5) is 4.39 Å². The van der Waals surface area contributed by atoms with Gasteiger partial charge in [0.15, 0.2) is 0 Å². The Labute approximate surface area is 67.1 Å². The van der Waals surface area contributed by atoms with Crippen LogP contribution in [0.5, 0.6) is 0 Å². The van der Waals surface area contributed by atoms with E-state index in [9.17, 15) is 4.39 Å². The lowest BCUT2D eigenvalue weighted by Gasteiger charge is -1.97. The van der Waals surface area contributed by atoms with Gasteiger partial charge in [0.2, 0.25) is 0 Å². The van der Waals surface area contributed by atoms with E-state index >= 15 is 0 Å². The second-order valence-corrected chi connectivity index (χ2v) is 2.53. The van der Waals surface area contributed by atoms with Crippen molar-refractivity contribution in [2.45, 2.75) is 19.3 Å². The third-order valence-electron chi connectivity index (χ3n) is 1.62. The van der Waals surface area contributed by atoms with E-state index in [1.165, 1.54) is 5.56 Å². The summed E-state index contributed by atoms with van der Waals surface area (Å²) in [6.07, 6.45) is 2.44. The van der Waals surface area contributed by atoms with Gasteiger partial charge in [-0.1, -0.05) is 30.3 Å². The second kappa shape index (κ2) is 4.89. The summed E-state index contributed by atoms with van der Waals surface area (Å²) in [7, 11) is 0. The summed E-state index contributed by atoms with van der Waals surface area (Å²) in [5, 5.41) is 0. The van der Waals surface area contributed by atoms with E-state index < -0.39 is 0 Å². The molecule has 0 unspecified atom stereocenters. The van der Waals surface area contributed by atoms with Crippen molar-refractivity contribution < 1.29 is 4.39 Å². The molecule has 0 aliphatic heterocycles. The Morgan fingerprint density at radius 2 is 1.91 bits per heavy atom. The first-order valence-corrected chi connectivity index (χ1v) is 3.89. The molecule has 59 valence electrons. The molecular weight excluding hydrogens is 139 g/mol. The van der Waals surface area contributed by atoms with Crippen LogP contribution in [0.1, 0.15) is 18.4 Å². The van der Waals surface area contributed by atoms with Crippen LogP contribution >= 0.6 is 0 Å². The third-order valence-corrected chi connectivity index (χ3v) is 1.62. The standard InChI is InChI=1S/C10H12F/c11-9-5-4-8-10-6-2-1-3-7-10/h1-3,6-7,9H,4-5,8H2. The molecule has 0 heterocycles. The molecule has 0 amide bonds. The molecule has 0 aliphatic rings. The minimum absolute atomic E-state index is 0.564. The van der Waals surface area contributed by atoms with E-state index in [0.717, 1.165) is 19.5 Å². The van der Waals surface area contributed by atoms with Gasteiger partial charge in [-0.3, -0.25) is 0 Å². The largest absolute Gasteiger partial charge is 0.244 e. The van der Waals surface area contributed by atoms with E-state index in [1.54, 1.807) is 0 Å². The molecule has 0 bridgehead atoms. The quantitative estimate of drug-likeness (QED) is 0.580. The molecule has 0 aromatic heterocycles. The zero-order chi connectivity index (χ0) is 7.94. The maximum Gasteiger partial charge on any atom is 0.131 e. The van der Waals surface area contributed by atoms with Crippen LogP contribution in [0.25, 0.3) is 0 Å². The Hall–Kier alpha value is -0.850. The lowest BCUT2D eigenvalue weighted by Crippen LogP contribution is -1.83. The number of rotatable bonds is 4. The Morgan fingerprint density at radius 3 is 2.55 bits per heavy atom. The van der Waals surface area contributed by atoms with E-state index in [0.29, 0.717) is 6.42 Å². The number of hydrogen-bond acceptors (Lipinski definition) is 0. The number of halogens is 1. The molecule has 0 saturated carbocycles. The van der Waals surface area contributed by atoms with Crippen molar-refractivity contribution in [1.29, 1.82) is 0 Å². The first-order valence-electron chi connectivity index (χ1n) is 3.89. The Morgan fingerprint density at radius 1 is 1.18 bits per heavy atom. The van der Waals surface area contributed by atoms with Gasteiger partial charge in [0.1, 0.15) is 6.67 Å². The fourth-order valence-electron chi connectivity index (χ4n) is 1.03. The number of hydrogen-bond donors (Lipinski definition) is 0. The van der Waals surface area contributed by atoms with Crippen molar-refractivity contribution in [3.8, 4) is 0 Å². The minimum atomic E-state index is 0.564. The first kappa shape index (κ1) is 8.25. The van der Waals surface area contributed by atoms with Crippen molar-refractivity contribution in [1.82, 2.24) is 0 Å². The van der Waals surface area contributed by atoms with Crippen molar-refractivity contribution in [3.05, 3.63) is 42.6 Å². The molecule has 0 N–H and O–H groups in total. The molecule has 11 heavy (non-hydrogen) atoms. The van der Waals surface area contributed by atoms with Gasteiger partial charge in [-0.2, -0.15) is 0 Å². The van der Waals surface area contributed by atoms with E-state index in [-0.39, 0.29) is 0 Å². The maximum absolute atomic E-state index is 11.6.